The van der Waals surface area contributed by atoms with Gasteiger partial charge in [0.05, 0.1) is 0 Å². The lowest BCUT2D eigenvalue weighted by atomic mass is 10.0. The Labute approximate surface area is 112 Å². The van der Waals surface area contributed by atoms with E-state index in [9.17, 15) is 9.59 Å². The van der Waals surface area contributed by atoms with Gasteiger partial charge in [0.1, 0.15) is 5.78 Å². The van der Waals surface area contributed by atoms with E-state index in [0.717, 1.165) is 25.7 Å². The lowest BCUT2D eigenvalue weighted by molar-refractivity contribution is -0.123. The Morgan fingerprint density at radius 2 is 1.44 bits per heavy atom. The van der Waals surface area contributed by atoms with Crippen LogP contribution in [0.25, 0.3) is 0 Å². The summed E-state index contributed by atoms with van der Waals surface area (Å²) in [7, 11) is 0. The molecular weight excluding hydrogens is 226 g/mol. The summed E-state index contributed by atoms with van der Waals surface area (Å²) in [5, 5.41) is 2.95. The molecule has 0 radical (unpaired) electrons. The van der Waals surface area contributed by atoms with Crippen LogP contribution < -0.4 is 5.32 Å². The number of rotatable bonds is 8. The van der Waals surface area contributed by atoms with Crippen molar-refractivity contribution in [3.63, 3.8) is 0 Å². The van der Waals surface area contributed by atoms with Crippen LogP contribution in [0.15, 0.2) is 0 Å². The lowest BCUT2D eigenvalue weighted by Crippen LogP contribution is -2.40. The van der Waals surface area contributed by atoms with E-state index in [0.29, 0.717) is 18.6 Å². The first-order chi connectivity index (χ1) is 8.22. The highest BCUT2D eigenvalue weighted by Crippen LogP contribution is 2.09. The molecule has 3 heteroatoms. The summed E-state index contributed by atoms with van der Waals surface area (Å²) < 4.78 is 0. The Bertz CT molecular complexity index is 264. The van der Waals surface area contributed by atoms with Gasteiger partial charge in [-0.2, -0.15) is 0 Å². The van der Waals surface area contributed by atoms with Gasteiger partial charge in [-0.05, 0) is 33.6 Å². The first kappa shape index (κ1) is 17.1. The molecule has 0 aliphatic carbocycles. The van der Waals surface area contributed by atoms with Gasteiger partial charge in [-0.15, -0.1) is 0 Å². The van der Waals surface area contributed by atoms with Gasteiger partial charge in [0.15, 0.2) is 0 Å². The number of hydrogen-bond donors (Lipinski definition) is 1. The molecule has 0 aliphatic rings. The molecule has 0 spiro atoms. The molecule has 0 aromatic heterocycles. The molecule has 18 heavy (non-hydrogen) atoms. The standard InChI is InChI=1S/C15H29NO2/c1-12(2)13(17)10-8-6-7-9-11-14(18)16-15(3,4)5/h12H,6-11H2,1-5H3,(H,16,18). The Morgan fingerprint density at radius 3 is 1.89 bits per heavy atom. The van der Waals surface area contributed by atoms with E-state index >= 15 is 0 Å². The van der Waals surface area contributed by atoms with Gasteiger partial charge in [0.25, 0.3) is 0 Å². The minimum Gasteiger partial charge on any atom is -0.352 e. The Balaban J connectivity index is 3.46. The zero-order chi connectivity index (χ0) is 14.2. The summed E-state index contributed by atoms with van der Waals surface area (Å²) >= 11 is 0. The van der Waals surface area contributed by atoms with E-state index in [-0.39, 0.29) is 17.4 Å². The third kappa shape index (κ3) is 10.3. The average molecular weight is 255 g/mol. The highest BCUT2D eigenvalue weighted by Gasteiger charge is 2.12. The molecule has 0 saturated heterocycles. The second kappa shape index (κ2) is 8.28. The summed E-state index contributed by atoms with van der Waals surface area (Å²) in [6.07, 6.45) is 5.22. The second-order valence-corrected chi connectivity index (χ2v) is 6.33. The van der Waals surface area contributed by atoms with Crippen LogP contribution in [0, 0.1) is 5.92 Å². The molecule has 1 N–H and O–H groups in total. The molecule has 0 unspecified atom stereocenters. The maximum Gasteiger partial charge on any atom is 0.220 e. The van der Waals surface area contributed by atoms with Crippen molar-refractivity contribution in [2.45, 2.75) is 78.7 Å². The average Bonchev–Trinajstić information content (AvgIpc) is 2.19. The van der Waals surface area contributed by atoms with E-state index < -0.39 is 0 Å². The van der Waals surface area contributed by atoms with Crippen LogP contribution >= 0.6 is 0 Å². The normalized spacial score (nSPS) is 11.7. The molecule has 0 aliphatic heterocycles. The smallest absolute Gasteiger partial charge is 0.220 e. The first-order valence-corrected chi connectivity index (χ1v) is 7.06. The number of ketones is 1. The third-order valence-electron chi connectivity index (χ3n) is 2.74. The van der Waals surface area contributed by atoms with Crippen LogP contribution in [0.4, 0.5) is 0 Å². The number of hydrogen-bond acceptors (Lipinski definition) is 2. The topological polar surface area (TPSA) is 46.2 Å². The summed E-state index contributed by atoms with van der Waals surface area (Å²) in [5.74, 6) is 0.629. The summed E-state index contributed by atoms with van der Waals surface area (Å²) in [5.41, 5.74) is -0.138. The van der Waals surface area contributed by atoms with Crippen molar-refractivity contribution in [2.75, 3.05) is 0 Å². The van der Waals surface area contributed by atoms with Crippen molar-refractivity contribution >= 4 is 11.7 Å². The van der Waals surface area contributed by atoms with Gasteiger partial charge >= 0.3 is 0 Å². The van der Waals surface area contributed by atoms with E-state index in [1.165, 1.54) is 0 Å². The maximum absolute atomic E-state index is 11.5. The number of carbonyl (C=O) groups is 2. The fourth-order valence-electron chi connectivity index (χ4n) is 1.71. The fraction of sp³-hybridized carbons (Fsp3) is 0.867. The Hall–Kier alpha value is -0.860. The van der Waals surface area contributed by atoms with Crippen molar-refractivity contribution in [3.8, 4) is 0 Å². The maximum atomic E-state index is 11.5. The van der Waals surface area contributed by atoms with Crippen LogP contribution in [-0.4, -0.2) is 17.2 Å². The summed E-state index contributed by atoms with van der Waals surface area (Å²) in [4.78, 5) is 22.9. The van der Waals surface area contributed by atoms with Gasteiger partial charge in [0.2, 0.25) is 5.91 Å². The lowest BCUT2D eigenvalue weighted by Gasteiger charge is -2.20. The molecular formula is C15H29NO2. The number of unbranched alkanes of at least 4 members (excludes halogenated alkanes) is 3. The van der Waals surface area contributed by atoms with Crippen molar-refractivity contribution in [3.05, 3.63) is 0 Å². The van der Waals surface area contributed by atoms with Gasteiger partial charge in [-0.3, -0.25) is 9.59 Å². The van der Waals surface area contributed by atoms with Crippen LogP contribution in [0.1, 0.15) is 73.1 Å². The number of nitrogens with one attached hydrogen (secondary N) is 1. The van der Waals surface area contributed by atoms with Gasteiger partial charge < -0.3 is 5.32 Å². The minimum atomic E-state index is -0.138. The van der Waals surface area contributed by atoms with Crippen molar-refractivity contribution in [2.24, 2.45) is 5.92 Å². The predicted molar refractivity (Wildman–Crippen MR) is 75.4 cm³/mol. The molecule has 1 amide bonds. The molecule has 0 saturated carbocycles. The van der Waals surface area contributed by atoms with E-state index in [4.69, 9.17) is 0 Å². The highest BCUT2D eigenvalue weighted by atomic mass is 16.1. The molecule has 0 rings (SSSR count). The van der Waals surface area contributed by atoms with Crippen LogP contribution in [0.3, 0.4) is 0 Å². The molecule has 0 bridgehead atoms. The molecule has 0 aromatic rings. The van der Waals surface area contributed by atoms with Gasteiger partial charge in [-0.1, -0.05) is 26.7 Å². The summed E-state index contributed by atoms with van der Waals surface area (Å²) in [6.45, 7) is 9.85. The van der Waals surface area contributed by atoms with Crippen molar-refractivity contribution in [1.29, 1.82) is 0 Å². The van der Waals surface area contributed by atoms with Crippen LogP contribution in [0.5, 0.6) is 0 Å². The molecule has 0 fully saturated rings. The second-order valence-electron chi connectivity index (χ2n) is 6.33. The molecule has 3 nitrogen and oxygen atoms in total. The Morgan fingerprint density at radius 1 is 0.944 bits per heavy atom. The predicted octanol–water partition coefficient (Wildman–Crippen LogP) is 3.47. The number of Topliss-reactive ketones (excluding diaryl/α,β-unsaturated/α-hetero) is 1. The van der Waals surface area contributed by atoms with E-state index in [2.05, 4.69) is 5.32 Å². The zero-order valence-electron chi connectivity index (χ0n) is 12.6. The van der Waals surface area contributed by atoms with Crippen molar-refractivity contribution in [1.82, 2.24) is 5.32 Å². The zero-order valence-corrected chi connectivity index (χ0v) is 12.6. The number of carbonyl (C=O) groups excluding carboxylic acids is 2. The van der Waals surface area contributed by atoms with Gasteiger partial charge in [-0.25, -0.2) is 0 Å². The minimum absolute atomic E-state index is 0.126. The van der Waals surface area contributed by atoms with E-state index in [1.807, 2.05) is 34.6 Å². The number of amides is 1. The highest BCUT2D eigenvalue weighted by molar-refractivity contribution is 5.80. The van der Waals surface area contributed by atoms with E-state index in [1.54, 1.807) is 0 Å². The van der Waals surface area contributed by atoms with Crippen LogP contribution in [0.2, 0.25) is 0 Å². The first-order valence-electron chi connectivity index (χ1n) is 7.06. The largest absolute Gasteiger partial charge is 0.352 e. The molecule has 106 valence electrons. The fourth-order valence-corrected chi connectivity index (χ4v) is 1.71. The molecule has 0 atom stereocenters. The van der Waals surface area contributed by atoms with Gasteiger partial charge in [0, 0.05) is 24.3 Å². The quantitative estimate of drug-likeness (QED) is 0.675. The van der Waals surface area contributed by atoms with Crippen LogP contribution in [-0.2, 0) is 9.59 Å². The SMILES string of the molecule is CC(C)C(=O)CCCCCCC(=O)NC(C)(C)C. The molecule has 0 heterocycles. The molecule has 0 aromatic carbocycles. The van der Waals surface area contributed by atoms with Crippen molar-refractivity contribution < 1.29 is 9.59 Å². The third-order valence-corrected chi connectivity index (χ3v) is 2.74. The monoisotopic (exact) mass is 255 g/mol. The Kier molecular flexibility index (Phi) is 7.88. The summed E-state index contributed by atoms with van der Waals surface area (Å²) in [6, 6.07) is 0.